The fourth-order valence-corrected chi connectivity index (χ4v) is 1.92. The molecule has 0 atom stereocenters. The Morgan fingerprint density at radius 2 is 2.06 bits per heavy atom. The molecule has 0 amide bonds. The maximum absolute atomic E-state index is 11.5. The lowest BCUT2D eigenvalue weighted by molar-refractivity contribution is -0.148. The van der Waals surface area contributed by atoms with Gasteiger partial charge in [-0.25, -0.2) is 4.79 Å². The normalized spacial score (nSPS) is 11.8. The van der Waals surface area contributed by atoms with Crippen LogP contribution in [0.5, 0.6) is 0 Å². The van der Waals surface area contributed by atoms with Crippen LogP contribution in [-0.2, 0) is 16.1 Å². The van der Waals surface area contributed by atoms with Gasteiger partial charge in [0.15, 0.2) is 0 Å². The average Bonchev–Trinajstić information content (AvgIpc) is 2.23. The van der Waals surface area contributed by atoms with Crippen molar-refractivity contribution in [3.05, 3.63) is 39.9 Å². The number of halogens is 1. The Bertz CT molecular complexity index is 459. The molecular weight excluding hydrogens is 296 g/mol. The summed E-state index contributed by atoms with van der Waals surface area (Å²) in [6, 6.07) is 5.50. The molecule has 0 saturated carbocycles. The van der Waals surface area contributed by atoms with Crippen molar-refractivity contribution >= 4 is 28.0 Å². The van der Waals surface area contributed by atoms with E-state index in [1.165, 1.54) is 6.08 Å². The van der Waals surface area contributed by atoms with Gasteiger partial charge < -0.3 is 9.84 Å². The van der Waals surface area contributed by atoms with Crippen LogP contribution in [-0.4, -0.2) is 16.7 Å². The van der Waals surface area contributed by atoms with Crippen LogP contribution in [0.25, 0.3) is 6.08 Å². The number of hydrogen-bond donors (Lipinski definition) is 1. The highest BCUT2D eigenvalue weighted by molar-refractivity contribution is 9.10. The predicted molar refractivity (Wildman–Crippen MR) is 74.9 cm³/mol. The second kappa shape index (κ2) is 6.16. The van der Waals surface area contributed by atoms with Gasteiger partial charge in [0.25, 0.3) is 0 Å². The lowest BCUT2D eigenvalue weighted by atomic mass is 10.1. The van der Waals surface area contributed by atoms with Crippen molar-refractivity contribution in [2.45, 2.75) is 33.0 Å². The van der Waals surface area contributed by atoms with Crippen molar-refractivity contribution in [2.75, 3.05) is 0 Å². The molecule has 18 heavy (non-hydrogen) atoms. The molecule has 1 N–H and O–H groups in total. The second-order valence-electron chi connectivity index (χ2n) is 4.92. The van der Waals surface area contributed by atoms with E-state index in [0.29, 0.717) is 0 Å². The van der Waals surface area contributed by atoms with Crippen LogP contribution in [0, 0.1) is 0 Å². The highest BCUT2D eigenvalue weighted by Gasteiger charge is 2.13. The third kappa shape index (κ3) is 5.47. The van der Waals surface area contributed by atoms with Crippen LogP contribution in [0.2, 0.25) is 0 Å². The summed E-state index contributed by atoms with van der Waals surface area (Å²) in [5, 5.41) is 9.08. The zero-order valence-corrected chi connectivity index (χ0v) is 12.3. The first-order chi connectivity index (χ1) is 8.30. The number of hydrogen-bond acceptors (Lipinski definition) is 3. The molecule has 4 heteroatoms. The Morgan fingerprint density at radius 3 is 2.61 bits per heavy atom. The molecule has 0 unspecified atom stereocenters. The number of carbonyl (C=O) groups excluding carboxylic acids is 1. The number of benzene rings is 1. The molecule has 0 aliphatic carbocycles. The van der Waals surface area contributed by atoms with E-state index in [0.717, 1.165) is 15.6 Å². The summed E-state index contributed by atoms with van der Waals surface area (Å²) in [5.41, 5.74) is 1.13. The number of ether oxygens (including phenoxy) is 1. The van der Waals surface area contributed by atoms with Crippen molar-refractivity contribution in [3.8, 4) is 0 Å². The van der Waals surface area contributed by atoms with E-state index >= 15 is 0 Å². The van der Waals surface area contributed by atoms with E-state index in [9.17, 15) is 4.79 Å². The van der Waals surface area contributed by atoms with E-state index in [4.69, 9.17) is 9.84 Å². The van der Waals surface area contributed by atoms with E-state index in [1.807, 2.05) is 39.0 Å². The highest BCUT2D eigenvalue weighted by atomic mass is 79.9. The van der Waals surface area contributed by atoms with Crippen molar-refractivity contribution in [3.63, 3.8) is 0 Å². The van der Waals surface area contributed by atoms with Crippen LogP contribution in [0.15, 0.2) is 28.7 Å². The number of esters is 1. The van der Waals surface area contributed by atoms with Gasteiger partial charge in [-0.2, -0.15) is 0 Å². The molecule has 0 heterocycles. The van der Waals surface area contributed by atoms with Crippen molar-refractivity contribution in [1.82, 2.24) is 0 Å². The molecule has 1 rings (SSSR count). The standard InChI is InChI=1S/C14H17BrO3/c1-14(2,3)18-13(17)5-4-10-6-11(9-16)8-12(15)7-10/h4-8,16H,9H2,1-3H3/b5-4+. The smallest absolute Gasteiger partial charge is 0.331 e. The zero-order valence-electron chi connectivity index (χ0n) is 10.7. The quantitative estimate of drug-likeness (QED) is 0.688. The minimum Gasteiger partial charge on any atom is -0.457 e. The summed E-state index contributed by atoms with van der Waals surface area (Å²) in [7, 11) is 0. The summed E-state index contributed by atoms with van der Waals surface area (Å²) in [6.07, 6.45) is 3.05. The number of aliphatic hydroxyl groups excluding tert-OH is 1. The molecule has 0 aromatic heterocycles. The Balaban J connectivity index is 2.78. The molecule has 0 aliphatic rings. The van der Waals surface area contributed by atoms with Gasteiger partial charge in [0.2, 0.25) is 0 Å². The van der Waals surface area contributed by atoms with Crippen LogP contribution in [0.1, 0.15) is 31.9 Å². The summed E-state index contributed by atoms with van der Waals surface area (Å²) >= 11 is 3.35. The van der Waals surface area contributed by atoms with Gasteiger partial charge in [-0.1, -0.05) is 15.9 Å². The number of aliphatic hydroxyl groups is 1. The van der Waals surface area contributed by atoms with E-state index in [1.54, 1.807) is 6.08 Å². The molecule has 98 valence electrons. The van der Waals surface area contributed by atoms with Gasteiger partial charge in [-0.15, -0.1) is 0 Å². The van der Waals surface area contributed by atoms with Gasteiger partial charge in [0, 0.05) is 10.5 Å². The van der Waals surface area contributed by atoms with Crippen LogP contribution in [0.3, 0.4) is 0 Å². The minimum absolute atomic E-state index is 0.0350. The number of carbonyl (C=O) groups is 1. The topological polar surface area (TPSA) is 46.5 Å². The lowest BCUT2D eigenvalue weighted by Gasteiger charge is -2.17. The van der Waals surface area contributed by atoms with Crippen LogP contribution in [0.4, 0.5) is 0 Å². The molecule has 1 aromatic rings. The highest BCUT2D eigenvalue weighted by Crippen LogP contribution is 2.17. The summed E-state index contributed by atoms with van der Waals surface area (Å²) < 4.78 is 6.02. The third-order valence-corrected chi connectivity index (χ3v) is 2.44. The van der Waals surface area contributed by atoms with Gasteiger partial charge in [0.05, 0.1) is 6.61 Å². The lowest BCUT2D eigenvalue weighted by Crippen LogP contribution is -2.22. The molecule has 0 bridgehead atoms. The Morgan fingerprint density at radius 1 is 1.39 bits per heavy atom. The monoisotopic (exact) mass is 312 g/mol. The summed E-state index contributed by atoms with van der Waals surface area (Å²) in [5.74, 6) is -0.381. The molecule has 0 spiro atoms. The van der Waals surface area contributed by atoms with Crippen molar-refractivity contribution in [1.29, 1.82) is 0 Å². The first-order valence-corrected chi connectivity index (χ1v) is 6.41. The van der Waals surface area contributed by atoms with Gasteiger partial charge in [-0.3, -0.25) is 0 Å². The summed E-state index contributed by atoms with van der Waals surface area (Å²) in [4.78, 5) is 11.5. The molecule has 3 nitrogen and oxygen atoms in total. The molecule has 1 aromatic carbocycles. The molecule has 0 aliphatic heterocycles. The number of rotatable bonds is 3. The Hall–Kier alpha value is -1.13. The largest absolute Gasteiger partial charge is 0.457 e. The van der Waals surface area contributed by atoms with E-state index < -0.39 is 5.60 Å². The summed E-state index contributed by atoms with van der Waals surface area (Å²) in [6.45, 7) is 5.43. The minimum atomic E-state index is -0.491. The van der Waals surface area contributed by atoms with Gasteiger partial charge >= 0.3 is 5.97 Å². The van der Waals surface area contributed by atoms with Gasteiger partial charge in [0.1, 0.15) is 5.60 Å². The van der Waals surface area contributed by atoms with Crippen molar-refractivity contribution < 1.29 is 14.6 Å². The average molecular weight is 313 g/mol. The zero-order chi connectivity index (χ0) is 13.8. The Kier molecular flexibility index (Phi) is 5.11. The molecule has 0 radical (unpaired) electrons. The predicted octanol–water partition coefficient (Wildman–Crippen LogP) is 3.30. The first kappa shape index (κ1) is 14.9. The van der Waals surface area contributed by atoms with Gasteiger partial charge in [-0.05, 0) is 56.2 Å². The SMILES string of the molecule is CC(C)(C)OC(=O)/C=C/c1cc(Br)cc(CO)c1. The van der Waals surface area contributed by atoms with E-state index in [2.05, 4.69) is 15.9 Å². The maximum Gasteiger partial charge on any atom is 0.331 e. The fraction of sp³-hybridized carbons (Fsp3) is 0.357. The Labute approximate surface area is 116 Å². The first-order valence-electron chi connectivity index (χ1n) is 5.61. The van der Waals surface area contributed by atoms with Crippen LogP contribution < -0.4 is 0 Å². The fourth-order valence-electron chi connectivity index (χ4n) is 1.36. The molecular formula is C14H17BrO3. The van der Waals surface area contributed by atoms with Crippen molar-refractivity contribution in [2.24, 2.45) is 0 Å². The molecule has 0 fully saturated rings. The molecule has 0 saturated heterocycles. The third-order valence-electron chi connectivity index (χ3n) is 1.98. The van der Waals surface area contributed by atoms with Crippen LogP contribution >= 0.6 is 15.9 Å². The second-order valence-corrected chi connectivity index (χ2v) is 5.83. The van der Waals surface area contributed by atoms with E-state index in [-0.39, 0.29) is 12.6 Å². The maximum atomic E-state index is 11.5.